The number of hydrogen-bond donors (Lipinski definition) is 0. The number of hydrogen-bond acceptors (Lipinski definition) is 2. The normalized spacial score (nSPS) is 14.0. The van der Waals surface area contributed by atoms with Gasteiger partial charge in [0.25, 0.3) is 0 Å². The maximum atomic E-state index is 12.9. The van der Waals surface area contributed by atoms with Gasteiger partial charge in [-0.1, -0.05) is 6.07 Å². The molecule has 2 nitrogen and oxygen atoms in total. The SMILES string of the molecule is [2H]C([2H])([2H])Oc1cccc(F)c1C#N. The van der Waals surface area contributed by atoms with Crippen LogP contribution in [0.3, 0.4) is 0 Å². The Morgan fingerprint density at radius 1 is 1.73 bits per heavy atom. The Bertz CT molecular complexity index is 383. The van der Waals surface area contributed by atoms with Crippen molar-refractivity contribution in [3.63, 3.8) is 0 Å². The van der Waals surface area contributed by atoms with E-state index in [1.807, 2.05) is 0 Å². The molecule has 0 aromatic heterocycles. The average Bonchev–Trinajstić information content (AvgIpc) is 2.01. The Hall–Kier alpha value is -1.56. The first-order valence-corrected chi connectivity index (χ1v) is 2.81. The summed E-state index contributed by atoms with van der Waals surface area (Å²) in [5.74, 6) is -1.07. The van der Waals surface area contributed by atoms with E-state index >= 15 is 0 Å². The van der Waals surface area contributed by atoms with Crippen molar-refractivity contribution in [2.45, 2.75) is 0 Å². The van der Waals surface area contributed by atoms with Crippen molar-refractivity contribution in [2.75, 3.05) is 7.04 Å². The van der Waals surface area contributed by atoms with Crippen LogP contribution in [0.5, 0.6) is 5.75 Å². The topological polar surface area (TPSA) is 33.0 Å². The Labute approximate surface area is 68.0 Å². The second kappa shape index (κ2) is 3.02. The molecule has 0 amide bonds. The molecule has 0 atom stereocenters. The van der Waals surface area contributed by atoms with Gasteiger partial charge in [-0.15, -0.1) is 0 Å². The lowest BCUT2D eigenvalue weighted by Crippen LogP contribution is -1.90. The third-order valence-corrected chi connectivity index (χ3v) is 1.20. The monoisotopic (exact) mass is 154 g/mol. The van der Waals surface area contributed by atoms with E-state index in [1.54, 1.807) is 0 Å². The Kier molecular flexibility index (Phi) is 1.19. The van der Waals surface area contributed by atoms with E-state index in [4.69, 9.17) is 9.37 Å². The molecular weight excluding hydrogens is 145 g/mol. The van der Waals surface area contributed by atoms with E-state index < -0.39 is 18.4 Å². The van der Waals surface area contributed by atoms with E-state index in [2.05, 4.69) is 4.74 Å². The van der Waals surface area contributed by atoms with Gasteiger partial charge in [0, 0.05) is 0 Å². The van der Waals surface area contributed by atoms with Crippen molar-refractivity contribution in [1.82, 2.24) is 0 Å². The minimum absolute atomic E-state index is 0.271. The summed E-state index contributed by atoms with van der Waals surface area (Å²) in [5, 5.41) is 8.54. The fourth-order valence-corrected chi connectivity index (χ4v) is 0.698. The maximum absolute atomic E-state index is 12.9. The van der Waals surface area contributed by atoms with Gasteiger partial charge in [0.1, 0.15) is 23.2 Å². The second-order valence-corrected chi connectivity index (χ2v) is 1.83. The minimum Gasteiger partial charge on any atom is -0.495 e. The second-order valence-electron chi connectivity index (χ2n) is 1.83. The zero-order chi connectivity index (χ0) is 10.8. The van der Waals surface area contributed by atoms with Crippen LogP contribution in [0.4, 0.5) is 4.39 Å². The first-order chi connectivity index (χ1) is 6.44. The van der Waals surface area contributed by atoms with Crippen LogP contribution in [0.15, 0.2) is 18.2 Å². The number of halogens is 1. The van der Waals surface area contributed by atoms with Gasteiger partial charge in [0.05, 0.1) is 11.2 Å². The van der Waals surface area contributed by atoms with Crippen LogP contribution in [0.25, 0.3) is 0 Å². The molecular formula is C8H6FNO. The first kappa shape index (κ1) is 4.35. The van der Waals surface area contributed by atoms with Crippen LogP contribution in [0, 0.1) is 17.1 Å². The summed E-state index contributed by atoms with van der Waals surface area (Å²) in [7, 11) is -2.68. The van der Waals surface area contributed by atoms with Gasteiger partial charge in [0.2, 0.25) is 0 Å². The largest absolute Gasteiger partial charge is 0.495 e. The van der Waals surface area contributed by atoms with E-state index in [0.717, 1.165) is 6.07 Å². The molecule has 3 heteroatoms. The molecule has 0 saturated heterocycles. The van der Waals surface area contributed by atoms with E-state index in [1.165, 1.54) is 18.2 Å². The Morgan fingerprint density at radius 2 is 2.55 bits per heavy atom. The Morgan fingerprint density at radius 3 is 3.18 bits per heavy atom. The number of benzene rings is 1. The van der Waals surface area contributed by atoms with Crippen LogP contribution in [-0.4, -0.2) is 7.04 Å². The fraction of sp³-hybridized carbons (Fsp3) is 0.125. The maximum Gasteiger partial charge on any atom is 0.144 e. The zero-order valence-electron chi connectivity index (χ0n) is 8.47. The van der Waals surface area contributed by atoms with Crippen LogP contribution < -0.4 is 4.74 Å². The average molecular weight is 154 g/mol. The van der Waals surface area contributed by atoms with Gasteiger partial charge in [-0.2, -0.15) is 5.26 Å². The van der Waals surface area contributed by atoms with E-state index in [0.29, 0.717) is 0 Å². The van der Waals surface area contributed by atoms with Gasteiger partial charge in [0.15, 0.2) is 0 Å². The van der Waals surface area contributed by atoms with Crippen molar-refractivity contribution in [2.24, 2.45) is 0 Å². The van der Waals surface area contributed by atoms with Crippen molar-refractivity contribution in [3.05, 3.63) is 29.6 Å². The molecule has 0 bridgehead atoms. The molecule has 1 rings (SSSR count). The van der Waals surface area contributed by atoms with Crippen molar-refractivity contribution in [1.29, 1.82) is 5.26 Å². The van der Waals surface area contributed by atoms with Gasteiger partial charge >= 0.3 is 0 Å². The summed E-state index contributed by atoms with van der Waals surface area (Å²) in [6.07, 6.45) is 0. The summed E-state index contributed by atoms with van der Waals surface area (Å²) in [5.41, 5.74) is -0.399. The third-order valence-electron chi connectivity index (χ3n) is 1.20. The molecule has 0 fully saturated rings. The molecule has 0 saturated carbocycles. The number of methoxy groups -OCH3 is 1. The number of rotatable bonds is 1. The van der Waals surface area contributed by atoms with Gasteiger partial charge in [-0.05, 0) is 12.1 Å². The summed E-state index contributed by atoms with van der Waals surface area (Å²) < 4.78 is 37.8. The molecule has 0 aliphatic carbocycles. The third kappa shape index (κ3) is 1.30. The highest BCUT2D eigenvalue weighted by atomic mass is 19.1. The summed E-state index contributed by atoms with van der Waals surface area (Å²) in [4.78, 5) is 0. The molecule has 0 unspecified atom stereocenters. The predicted octanol–water partition coefficient (Wildman–Crippen LogP) is 1.71. The van der Waals surface area contributed by atoms with E-state index in [-0.39, 0.29) is 5.75 Å². The molecule has 0 aliphatic rings. The number of nitrogens with zero attached hydrogens (tertiary/aromatic N) is 1. The standard InChI is InChI=1S/C8H6FNO/c1-11-8-4-2-3-7(9)6(8)5-10/h2-4H,1H3/i1D3. The molecule has 1 aromatic rings. The van der Waals surface area contributed by atoms with Crippen molar-refractivity contribution >= 4 is 0 Å². The van der Waals surface area contributed by atoms with Gasteiger partial charge in [-0.25, -0.2) is 4.39 Å². The van der Waals surface area contributed by atoms with Gasteiger partial charge < -0.3 is 4.74 Å². The zero-order valence-corrected chi connectivity index (χ0v) is 5.47. The van der Waals surface area contributed by atoms with Crippen LogP contribution in [0.2, 0.25) is 0 Å². The smallest absolute Gasteiger partial charge is 0.144 e. The highest BCUT2D eigenvalue weighted by molar-refractivity contribution is 5.43. The molecule has 0 N–H and O–H groups in total. The van der Waals surface area contributed by atoms with Crippen molar-refractivity contribution in [3.8, 4) is 11.8 Å². The predicted molar refractivity (Wildman–Crippen MR) is 37.7 cm³/mol. The summed E-state index contributed by atoms with van der Waals surface area (Å²) >= 11 is 0. The fourth-order valence-electron chi connectivity index (χ4n) is 0.698. The minimum atomic E-state index is -2.68. The van der Waals surface area contributed by atoms with Crippen LogP contribution >= 0.6 is 0 Å². The molecule has 0 aliphatic heterocycles. The quantitative estimate of drug-likeness (QED) is 0.616. The lowest BCUT2D eigenvalue weighted by molar-refractivity contribution is 0.409. The number of nitriles is 1. The van der Waals surface area contributed by atoms with Crippen LogP contribution in [-0.2, 0) is 0 Å². The molecule has 0 spiro atoms. The molecule has 11 heavy (non-hydrogen) atoms. The van der Waals surface area contributed by atoms with Crippen molar-refractivity contribution < 1.29 is 13.2 Å². The molecule has 56 valence electrons. The summed E-state index contributed by atoms with van der Waals surface area (Å²) in [6.45, 7) is 0. The van der Waals surface area contributed by atoms with E-state index in [9.17, 15) is 4.39 Å². The highest BCUT2D eigenvalue weighted by Crippen LogP contribution is 2.19. The van der Waals surface area contributed by atoms with Crippen LogP contribution in [0.1, 0.15) is 9.68 Å². The molecule has 1 aromatic carbocycles. The molecule has 0 heterocycles. The van der Waals surface area contributed by atoms with Gasteiger partial charge in [-0.3, -0.25) is 0 Å². The number of ether oxygens (including phenoxy) is 1. The molecule has 0 radical (unpaired) electrons. The highest BCUT2D eigenvalue weighted by Gasteiger charge is 2.06. The lowest BCUT2D eigenvalue weighted by atomic mass is 10.2. The summed E-state index contributed by atoms with van der Waals surface area (Å²) in [6, 6.07) is 5.10. The Balaban J connectivity index is 3.10. The first-order valence-electron chi connectivity index (χ1n) is 4.31. The lowest BCUT2D eigenvalue weighted by Gasteiger charge is -2.00.